The number of carbonyl (C=O) groups is 1. The lowest BCUT2D eigenvalue weighted by Gasteiger charge is -2.59. The van der Waals surface area contributed by atoms with Gasteiger partial charge in [-0.3, -0.25) is 4.79 Å². The predicted octanol–water partition coefficient (Wildman–Crippen LogP) is 1.58. The van der Waals surface area contributed by atoms with Crippen LogP contribution >= 0.6 is 12.4 Å². The summed E-state index contributed by atoms with van der Waals surface area (Å²) in [6.45, 7) is 6.89. The Bertz CT molecular complexity index is 270. The molecule has 3 atom stereocenters. The first-order valence-corrected chi connectivity index (χ1v) is 6.54. The summed E-state index contributed by atoms with van der Waals surface area (Å²) in [6, 6.07) is 0.239. The monoisotopic (exact) mass is 278 g/mol. The molecule has 0 saturated heterocycles. The number of ether oxygens (including phenoxy) is 1. The number of likely N-dealkylation sites (N-methyl/N-ethyl adjacent to an activating group) is 1. The number of rotatable bonds is 6. The van der Waals surface area contributed by atoms with Crippen LogP contribution in [0.25, 0.3) is 0 Å². The highest BCUT2D eigenvalue weighted by molar-refractivity contribution is 5.85. The molecule has 1 aliphatic rings. The minimum Gasteiger partial charge on any atom is -0.380 e. The summed E-state index contributed by atoms with van der Waals surface area (Å²) in [5.74, 6) is 0.464. The van der Waals surface area contributed by atoms with E-state index in [1.54, 1.807) is 14.2 Å². The van der Waals surface area contributed by atoms with Gasteiger partial charge < -0.3 is 15.4 Å². The van der Waals surface area contributed by atoms with E-state index >= 15 is 0 Å². The van der Waals surface area contributed by atoms with Crippen molar-refractivity contribution in [3.05, 3.63) is 0 Å². The zero-order valence-electron chi connectivity index (χ0n) is 12.1. The van der Waals surface area contributed by atoms with E-state index in [0.29, 0.717) is 12.5 Å². The average Bonchev–Trinajstić information content (AvgIpc) is 2.33. The van der Waals surface area contributed by atoms with Gasteiger partial charge in [0.2, 0.25) is 5.91 Å². The van der Waals surface area contributed by atoms with E-state index < -0.39 is 0 Å². The number of amides is 1. The SMILES string of the molecule is CCC1(CC)C(NC(=O)CNC)C(C)C1OC.Cl. The highest BCUT2D eigenvalue weighted by atomic mass is 35.5. The van der Waals surface area contributed by atoms with Crippen molar-refractivity contribution in [2.24, 2.45) is 11.3 Å². The molecule has 0 aliphatic heterocycles. The summed E-state index contributed by atoms with van der Waals surface area (Å²) in [5.41, 5.74) is 0.109. The van der Waals surface area contributed by atoms with Gasteiger partial charge in [-0.25, -0.2) is 0 Å². The van der Waals surface area contributed by atoms with Gasteiger partial charge >= 0.3 is 0 Å². The van der Waals surface area contributed by atoms with E-state index in [0.717, 1.165) is 12.8 Å². The topological polar surface area (TPSA) is 50.4 Å². The molecular formula is C13H27ClN2O2. The van der Waals surface area contributed by atoms with Crippen molar-refractivity contribution < 1.29 is 9.53 Å². The number of halogens is 1. The quantitative estimate of drug-likeness (QED) is 0.776. The molecular weight excluding hydrogens is 252 g/mol. The number of nitrogens with one attached hydrogen (secondary N) is 2. The van der Waals surface area contributed by atoms with Crippen molar-refractivity contribution in [3.63, 3.8) is 0 Å². The summed E-state index contributed by atoms with van der Waals surface area (Å²) >= 11 is 0. The van der Waals surface area contributed by atoms with Gasteiger partial charge in [0.25, 0.3) is 0 Å². The third-order valence-electron chi connectivity index (χ3n) is 4.41. The first kappa shape index (κ1) is 17.7. The Morgan fingerprint density at radius 1 is 1.33 bits per heavy atom. The Morgan fingerprint density at radius 3 is 2.28 bits per heavy atom. The fourth-order valence-corrected chi connectivity index (χ4v) is 3.48. The molecule has 0 aromatic heterocycles. The zero-order valence-corrected chi connectivity index (χ0v) is 12.9. The maximum Gasteiger partial charge on any atom is 0.234 e. The third kappa shape index (κ3) is 2.81. The van der Waals surface area contributed by atoms with Crippen LogP contribution in [0.15, 0.2) is 0 Å². The van der Waals surface area contributed by atoms with Gasteiger partial charge in [-0.15, -0.1) is 12.4 Å². The summed E-state index contributed by atoms with van der Waals surface area (Å²) in [7, 11) is 3.56. The van der Waals surface area contributed by atoms with Crippen LogP contribution < -0.4 is 10.6 Å². The molecule has 0 bridgehead atoms. The Kier molecular flexibility index (Phi) is 7.18. The fraction of sp³-hybridized carbons (Fsp3) is 0.923. The molecule has 0 heterocycles. The van der Waals surface area contributed by atoms with E-state index in [1.165, 1.54) is 0 Å². The van der Waals surface area contributed by atoms with Crippen LogP contribution in [-0.2, 0) is 9.53 Å². The second-order valence-corrected chi connectivity index (χ2v) is 5.03. The number of carbonyl (C=O) groups excluding carboxylic acids is 1. The molecule has 0 aromatic carbocycles. The molecule has 1 saturated carbocycles. The molecule has 0 radical (unpaired) electrons. The van der Waals surface area contributed by atoms with Crippen molar-refractivity contribution in [2.45, 2.75) is 45.8 Å². The summed E-state index contributed by atoms with van der Waals surface area (Å²) < 4.78 is 5.60. The highest BCUT2D eigenvalue weighted by Gasteiger charge is 2.58. The Balaban J connectivity index is 0.00000289. The van der Waals surface area contributed by atoms with E-state index in [4.69, 9.17) is 4.74 Å². The lowest BCUT2D eigenvalue weighted by molar-refractivity contribution is -0.172. The third-order valence-corrected chi connectivity index (χ3v) is 4.41. The van der Waals surface area contributed by atoms with Gasteiger partial charge in [-0.05, 0) is 19.9 Å². The van der Waals surface area contributed by atoms with Crippen LogP contribution in [0.4, 0.5) is 0 Å². The van der Waals surface area contributed by atoms with Gasteiger partial charge in [0, 0.05) is 24.5 Å². The van der Waals surface area contributed by atoms with Crippen molar-refractivity contribution in [1.82, 2.24) is 10.6 Å². The molecule has 2 N–H and O–H groups in total. The van der Waals surface area contributed by atoms with Gasteiger partial charge in [-0.1, -0.05) is 20.8 Å². The minimum atomic E-state index is 0. The highest BCUT2D eigenvalue weighted by Crippen LogP contribution is 2.52. The van der Waals surface area contributed by atoms with E-state index in [1.807, 2.05) is 0 Å². The first-order valence-electron chi connectivity index (χ1n) is 6.54. The zero-order chi connectivity index (χ0) is 13.1. The van der Waals surface area contributed by atoms with Gasteiger partial charge in [0.1, 0.15) is 0 Å². The van der Waals surface area contributed by atoms with E-state index in [2.05, 4.69) is 31.4 Å². The Morgan fingerprint density at radius 2 is 1.89 bits per heavy atom. The molecule has 0 spiro atoms. The molecule has 18 heavy (non-hydrogen) atoms. The molecule has 0 aromatic rings. The summed E-state index contributed by atoms with van der Waals surface area (Å²) in [6.07, 6.45) is 2.34. The second-order valence-electron chi connectivity index (χ2n) is 5.03. The predicted molar refractivity (Wildman–Crippen MR) is 76.1 cm³/mol. The lowest BCUT2D eigenvalue weighted by atomic mass is 9.53. The van der Waals surface area contributed by atoms with Crippen LogP contribution in [0.3, 0.4) is 0 Å². The average molecular weight is 279 g/mol. The Labute approximate surface area is 117 Å². The molecule has 4 nitrogen and oxygen atoms in total. The largest absolute Gasteiger partial charge is 0.380 e. The van der Waals surface area contributed by atoms with Crippen molar-refractivity contribution in [2.75, 3.05) is 20.7 Å². The first-order chi connectivity index (χ1) is 8.07. The fourth-order valence-electron chi connectivity index (χ4n) is 3.48. The molecule has 3 unspecified atom stereocenters. The maximum atomic E-state index is 11.7. The standard InChI is InChI=1S/C13H26N2O2.ClH/c1-6-13(7-2)11(9(3)12(13)17-5)15-10(16)8-14-4;/h9,11-12,14H,6-8H2,1-5H3,(H,15,16);1H. The van der Waals surface area contributed by atoms with Crippen LogP contribution in [-0.4, -0.2) is 38.8 Å². The minimum absolute atomic E-state index is 0. The molecule has 1 rings (SSSR count). The van der Waals surface area contributed by atoms with Gasteiger partial charge in [0.15, 0.2) is 0 Å². The van der Waals surface area contributed by atoms with Crippen LogP contribution in [0.2, 0.25) is 0 Å². The normalized spacial score (nSPS) is 29.1. The molecule has 5 heteroatoms. The van der Waals surface area contributed by atoms with Crippen LogP contribution in [0.1, 0.15) is 33.6 Å². The molecule has 108 valence electrons. The summed E-state index contributed by atoms with van der Waals surface area (Å²) in [5, 5.41) is 6.02. The van der Waals surface area contributed by atoms with Gasteiger partial charge in [0.05, 0.1) is 12.6 Å². The molecule has 1 aliphatic carbocycles. The van der Waals surface area contributed by atoms with Crippen LogP contribution in [0, 0.1) is 11.3 Å². The van der Waals surface area contributed by atoms with E-state index in [9.17, 15) is 4.79 Å². The van der Waals surface area contributed by atoms with Crippen molar-refractivity contribution in [3.8, 4) is 0 Å². The van der Waals surface area contributed by atoms with E-state index in [-0.39, 0.29) is 35.9 Å². The lowest BCUT2D eigenvalue weighted by Crippen LogP contribution is -2.70. The number of hydrogen-bond donors (Lipinski definition) is 2. The maximum absolute atomic E-state index is 11.7. The van der Waals surface area contributed by atoms with Gasteiger partial charge in [-0.2, -0.15) is 0 Å². The Hall–Kier alpha value is -0.320. The molecule has 1 amide bonds. The number of hydrogen-bond acceptors (Lipinski definition) is 3. The second kappa shape index (κ2) is 7.31. The van der Waals surface area contributed by atoms with Crippen LogP contribution in [0.5, 0.6) is 0 Å². The number of methoxy groups -OCH3 is 1. The van der Waals surface area contributed by atoms with Crippen molar-refractivity contribution in [1.29, 1.82) is 0 Å². The molecule has 1 fully saturated rings. The van der Waals surface area contributed by atoms with Crippen molar-refractivity contribution >= 4 is 18.3 Å². The smallest absolute Gasteiger partial charge is 0.234 e. The summed E-state index contributed by atoms with van der Waals surface area (Å²) in [4.78, 5) is 11.7.